The maximum absolute atomic E-state index is 6.20. The number of aryl methyl sites for hydroxylation is 1. The highest BCUT2D eigenvalue weighted by Gasteiger charge is 2.13. The second-order valence-corrected chi connectivity index (χ2v) is 5.64. The summed E-state index contributed by atoms with van der Waals surface area (Å²) in [5.41, 5.74) is 4.73. The molecule has 1 aromatic carbocycles. The molecule has 6 heteroatoms. The number of alkyl halides is 1. The maximum atomic E-state index is 6.20. The number of hydrogen-bond acceptors (Lipinski definition) is 3. The lowest BCUT2D eigenvalue weighted by Crippen LogP contribution is -2.06. The van der Waals surface area contributed by atoms with E-state index in [1.807, 2.05) is 29.1 Å². The van der Waals surface area contributed by atoms with E-state index in [0.717, 1.165) is 29.0 Å². The monoisotopic (exact) mass is 311 g/mol. The van der Waals surface area contributed by atoms with Crippen molar-refractivity contribution in [3.05, 3.63) is 45.6 Å². The van der Waals surface area contributed by atoms with Crippen LogP contribution in [0.25, 0.3) is 11.0 Å². The number of halogens is 2. The number of benzene rings is 1. The Labute approximate surface area is 124 Å². The van der Waals surface area contributed by atoms with Gasteiger partial charge in [-0.25, -0.2) is 9.97 Å². The van der Waals surface area contributed by atoms with Gasteiger partial charge in [0.05, 0.1) is 28.3 Å². The van der Waals surface area contributed by atoms with Gasteiger partial charge >= 0.3 is 0 Å². The highest BCUT2D eigenvalue weighted by molar-refractivity contribution is 7.07. The van der Waals surface area contributed by atoms with Crippen molar-refractivity contribution >= 4 is 45.6 Å². The molecule has 0 aliphatic rings. The summed E-state index contributed by atoms with van der Waals surface area (Å²) in [5, 5.41) is 2.71. The Hall–Kier alpha value is -1.10. The number of nitrogens with zero attached hydrogens (tertiary/aromatic N) is 3. The number of fused-ring (bicyclic) bond motifs is 1. The zero-order chi connectivity index (χ0) is 13.2. The van der Waals surface area contributed by atoms with Crippen LogP contribution >= 0.6 is 34.5 Å². The van der Waals surface area contributed by atoms with Gasteiger partial charge in [0.15, 0.2) is 0 Å². The van der Waals surface area contributed by atoms with Crippen LogP contribution in [0.1, 0.15) is 11.5 Å². The van der Waals surface area contributed by atoms with E-state index in [-0.39, 0.29) is 0 Å². The van der Waals surface area contributed by atoms with E-state index in [0.29, 0.717) is 17.4 Å². The van der Waals surface area contributed by atoms with Crippen LogP contribution in [0, 0.1) is 0 Å². The van der Waals surface area contributed by atoms with Crippen LogP contribution in [-0.4, -0.2) is 20.4 Å². The molecule has 0 unspecified atom stereocenters. The topological polar surface area (TPSA) is 30.7 Å². The van der Waals surface area contributed by atoms with Crippen molar-refractivity contribution in [2.45, 2.75) is 13.0 Å². The lowest BCUT2D eigenvalue weighted by molar-refractivity contribution is 0.742. The van der Waals surface area contributed by atoms with E-state index in [1.54, 1.807) is 11.3 Å². The maximum Gasteiger partial charge on any atom is 0.111 e. The van der Waals surface area contributed by atoms with Crippen molar-refractivity contribution in [1.29, 1.82) is 0 Å². The minimum absolute atomic E-state index is 0.540. The largest absolute Gasteiger partial charge is 0.322 e. The molecule has 19 heavy (non-hydrogen) atoms. The molecule has 0 saturated heterocycles. The van der Waals surface area contributed by atoms with Crippen molar-refractivity contribution in [2.75, 3.05) is 5.88 Å². The minimum atomic E-state index is 0.540. The Morgan fingerprint density at radius 3 is 2.95 bits per heavy atom. The number of imidazole rings is 1. The smallest absolute Gasteiger partial charge is 0.111 e. The number of para-hydroxylation sites is 1. The van der Waals surface area contributed by atoms with Gasteiger partial charge in [0.25, 0.3) is 0 Å². The van der Waals surface area contributed by atoms with Gasteiger partial charge in [0, 0.05) is 17.7 Å². The summed E-state index contributed by atoms with van der Waals surface area (Å²) in [7, 11) is 0. The molecule has 0 fully saturated rings. The Morgan fingerprint density at radius 2 is 2.21 bits per heavy atom. The first-order valence-electron chi connectivity index (χ1n) is 5.86. The number of rotatable bonds is 4. The van der Waals surface area contributed by atoms with E-state index in [2.05, 4.69) is 14.5 Å². The number of thiazole rings is 1. The van der Waals surface area contributed by atoms with Crippen LogP contribution in [0.3, 0.4) is 0 Å². The van der Waals surface area contributed by atoms with Gasteiger partial charge in [-0.1, -0.05) is 17.7 Å². The van der Waals surface area contributed by atoms with Crippen LogP contribution in [0.4, 0.5) is 0 Å². The third kappa shape index (κ3) is 2.48. The SMILES string of the molecule is ClCCc1nc2c(Cl)cccc2n1Cc1cscn1. The molecule has 3 rings (SSSR count). The summed E-state index contributed by atoms with van der Waals surface area (Å²) in [4.78, 5) is 8.93. The molecule has 0 aliphatic heterocycles. The zero-order valence-corrected chi connectivity index (χ0v) is 12.3. The molecular weight excluding hydrogens is 301 g/mol. The minimum Gasteiger partial charge on any atom is -0.322 e. The van der Waals surface area contributed by atoms with Crippen molar-refractivity contribution in [1.82, 2.24) is 14.5 Å². The van der Waals surface area contributed by atoms with Gasteiger partial charge in [-0.2, -0.15) is 0 Å². The van der Waals surface area contributed by atoms with Gasteiger partial charge < -0.3 is 4.57 Å². The van der Waals surface area contributed by atoms with Crippen LogP contribution in [0.2, 0.25) is 5.02 Å². The number of hydrogen-bond donors (Lipinski definition) is 0. The number of aromatic nitrogens is 3. The molecular formula is C13H11Cl2N3S. The third-order valence-corrected chi connectivity index (χ3v) is 4.06. The van der Waals surface area contributed by atoms with Crippen LogP contribution in [-0.2, 0) is 13.0 Å². The summed E-state index contributed by atoms with van der Waals surface area (Å²) >= 11 is 13.7. The van der Waals surface area contributed by atoms with Crippen molar-refractivity contribution in [3.8, 4) is 0 Å². The molecule has 2 aromatic heterocycles. The fraction of sp³-hybridized carbons (Fsp3) is 0.231. The van der Waals surface area contributed by atoms with Gasteiger partial charge in [-0.05, 0) is 12.1 Å². The van der Waals surface area contributed by atoms with Crippen molar-refractivity contribution in [2.24, 2.45) is 0 Å². The first-order chi connectivity index (χ1) is 9.29. The molecule has 0 saturated carbocycles. The standard InChI is InChI=1S/C13H11Cl2N3S/c14-5-4-12-17-13-10(15)2-1-3-11(13)18(12)6-9-7-19-8-16-9/h1-3,7-8H,4-6H2. The lowest BCUT2D eigenvalue weighted by Gasteiger charge is -2.06. The van der Waals surface area contributed by atoms with Crippen molar-refractivity contribution in [3.63, 3.8) is 0 Å². The van der Waals surface area contributed by atoms with Crippen LogP contribution in [0.15, 0.2) is 29.1 Å². The zero-order valence-electron chi connectivity index (χ0n) is 10.0. The summed E-state index contributed by atoms with van der Waals surface area (Å²) in [6.07, 6.45) is 0.719. The Bertz CT molecular complexity index is 691. The summed E-state index contributed by atoms with van der Waals surface area (Å²) in [6, 6.07) is 5.82. The fourth-order valence-corrected chi connectivity index (χ4v) is 3.02. The molecule has 0 bridgehead atoms. The fourth-order valence-electron chi connectivity index (χ4n) is 2.09. The first-order valence-corrected chi connectivity index (χ1v) is 7.72. The third-order valence-electron chi connectivity index (χ3n) is 2.93. The van der Waals surface area contributed by atoms with E-state index in [1.165, 1.54) is 0 Å². The first kappa shape index (κ1) is 12.9. The molecule has 0 radical (unpaired) electrons. The summed E-state index contributed by atoms with van der Waals surface area (Å²) < 4.78 is 2.14. The van der Waals surface area contributed by atoms with Gasteiger partial charge in [0.1, 0.15) is 11.3 Å². The van der Waals surface area contributed by atoms with Gasteiger partial charge in [0.2, 0.25) is 0 Å². The second-order valence-electron chi connectivity index (χ2n) is 4.14. The quantitative estimate of drug-likeness (QED) is 0.682. The molecule has 0 N–H and O–H groups in total. The molecule has 3 aromatic rings. The lowest BCUT2D eigenvalue weighted by atomic mass is 10.3. The molecule has 98 valence electrons. The van der Waals surface area contributed by atoms with E-state index in [4.69, 9.17) is 23.2 Å². The Kier molecular flexibility index (Phi) is 3.73. The van der Waals surface area contributed by atoms with Gasteiger partial charge in [-0.3, -0.25) is 0 Å². The van der Waals surface area contributed by atoms with E-state index < -0.39 is 0 Å². The van der Waals surface area contributed by atoms with Crippen LogP contribution < -0.4 is 0 Å². The molecule has 0 aliphatic carbocycles. The van der Waals surface area contributed by atoms with Crippen LogP contribution in [0.5, 0.6) is 0 Å². The van der Waals surface area contributed by atoms with E-state index in [9.17, 15) is 0 Å². The second kappa shape index (κ2) is 5.49. The van der Waals surface area contributed by atoms with Crippen molar-refractivity contribution < 1.29 is 0 Å². The summed E-state index contributed by atoms with van der Waals surface area (Å²) in [6.45, 7) is 0.701. The molecule has 0 atom stereocenters. The average molecular weight is 312 g/mol. The molecule has 3 nitrogen and oxygen atoms in total. The highest BCUT2D eigenvalue weighted by Crippen LogP contribution is 2.25. The molecule has 0 amide bonds. The highest BCUT2D eigenvalue weighted by atomic mass is 35.5. The molecule has 0 spiro atoms. The summed E-state index contributed by atoms with van der Waals surface area (Å²) in [5.74, 6) is 1.49. The Balaban J connectivity index is 2.13. The predicted molar refractivity (Wildman–Crippen MR) is 80.4 cm³/mol. The normalized spacial score (nSPS) is 11.3. The Morgan fingerprint density at radius 1 is 1.32 bits per heavy atom. The average Bonchev–Trinajstić information content (AvgIpc) is 3.01. The predicted octanol–water partition coefficient (Wildman–Crippen LogP) is 3.98. The van der Waals surface area contributed by atoms with Gasteiger partial charge in [-0.15, -0.1) is 22.9 Å². The van der Waals surface area contributed by atoms with E-state index >= 15 is 0 Å². The molecule has 2 heterocycles.